The van der Waals surface area contributed by atoms with Crippen LogP contribution in [0.25, 0.3) is 0 Å². The van der Waals surface area contributed by atoms with Crippen molar-refractivity contribution in [3.63, 3.8) is 0 Å². The number of rotatable bonds is 14. The van der Waals surface area contributed by atoms with Crippen LogP contribution < -0.4 is 27.0 Å². The first kappa shape index (κ1) is 37.1. The zero-order chi connectivity index (χ0) is 34.7. The van der Waals surface area contributed by atoms with Gasteiger partial charge in [-0.05, 0) is 46.8 Å². The number of hydrogen-bond acceptors (Lipinski definition) is 7. The number of nitrogens with two attached hydrogens (primary N) is 1. The van der Waals surface area contributed by atoms with Crippen molar-refractivity contribution >= 4 is 35.6 Å². The number of Topliss-reactive ketones (excluding diaryl/α,β-unsaturated/α-hetero) is 1. The molecular weight excluding hydrogens is 592 g/mol. The van der Waals surface area contributed by atoms with Gasteiger partial charge in [-0.1, -0.05) is 81.6 Å². The summed E-state index contributed by atoms with van der Waals surface area (Å²) in [5.41, 5.74) is 4.41. The van der Waals surface area contributed by atoms with E-state index in [0.29, 0.717) is 13.0 Å². The number of hydrogen-bond donors (Lipinski definition) is 5. The average Bonchev–Trinajstić information content (AvgIpc) is 3.24. The molecule has 1 heterocycles. The maximum atomic E-state index is 14.2. The third kappa shape index (κ3) is 8.90. The molecule has 0 spiro atoms. The molecule has 6 N–H and O–H groups in total. The monoisotopic (exact) mass is 648 g/mol. The highest BCUT2D eigenvalue weighted by Gasteiger charge is 2.70. The van der Waals surface area contributed by atoms with Gasteiger partial charge < -0.3 is 36.6 Å². The Balaban J connectivity index is 1.74. The first-order valence-corrected chi connectivity index (χ1v) is 16.7. The summed E-state index contributed by atoms with van der Waals surface area (Å²) in [6.45, 7) is 18.0. The maximum absolute atomic E-state index is 14.2. The molecule has 6 atom stereocenters. The molecule has 0 aromatic rings. The summed E-state index contributed by atoms with van der Waals surface area (Å²) in [6, 6.07) is -3.92. The number of likely N-dealkylation sites (tertiary alicyclic amines) is 1. The van der Waals surface area contributed by atoms with E-state index in [-0.39, 0.29) is 48.2 Å². The van der Waals surface area contributed by atoms with Crippen molar-refractivity contribution in [3.05, 3.63) is 0 Å². The number of nitrogens with one attached hydrogen (secondary N) is 4. The zero-order valence-corrected chi connectivity index (χ0v) is 29.0. The van der Waals surface area contributed by atoms with Gasteiger partial charge in [0.15, 0.2) is 0 Å². The molecule has 1 aliphatic heterocycles. The Morgan fingerprint density at radius 2 is 1.61 bits per heavy atom. The Morgan fingerprint density at radius 1 is 0.978 bits per heavy atom. The number of fused-ring (bicyclic) bond motifs is 1. The van der Waals surface area contributed by atoms with Gasteiger partial charge in [0.25, 0.3) is 5.91 Å². The highest BCUT2D eigenvalue weighted by Crippen LogP contribution is 2.65. The Bertz CT molecular complexity index is 1180. The van der Waals surface area contributed by atoms with Crippen LogP contribution in [-0.2, 0) is 23.9 Å². The van der Waals surface area contributed by atoms with Crippen molar-refractivity contribution < 1.29 is 33.5 Å². The third-order valence-electron chi connectivity index (χ3n) is 9.95. The van der Waals surface area contributed by atoms with Crippen LogP contribution in [-0.4, -0.2) is 84.4 Å². The van der Waals surface area contributed by atoms with E-state index >= 15 is 0 Å². The van der Waals surface area contributed by atoms with E-state index in [1.807, 2.05) is 48.5 Å². The maximum Gasteiger partial charge on any atom is 0.407 e. The van der Waals surface area contributed by atoms with Crippen LogP contribution in [0.3, 0.4) is 0 Å². The number of ketones is 1. The number of urea groups is 1. The molecule has 1 saturated heterocycles. The largest absolute Gasteiger partial charge is 0.449 e. The number of carbonyl (C=O) groups is 6. The molecule has 6 amide bonds. The molecular formula is C33H56N6O7. The minimum absolute atomic E-state index is 0.0445. The van der Waals surface area contributed by atoms with Crippen LogP contribution >= 0.6 is 0 Å². The second-order valence-electron chi connectivity index (χ2n) is 15.9. The van der Waals surface area contributed by atoms with Gasteiger partial charge in [-0.3, -0.25) is 19.2 Å². The van der Waals surface area contributed by atoms with E-state index in [0.717, 1.165) is 19.3 Å². The number of piperidine rings is 1. The van der Waals surface area contributed by atoms with Gasteiger partial charge >= 0.3 is 12.1 Å². The van der Waals surface area contributed by atoms with Crippen LogP contribution in [0, 0.1) is 40.4 Å². The van der Waals surface area contributed by atoms with Gasteiger partial charge in [-0.2, -0.15) is 0 Å². The minimum Gasteiger partial charge on any atom is -0.449 e. The Morgan fingerprint density at radius 3 is 2.11 bits per heavy atom. The van der Waals surface area contributed by atoms with E-state index in [1.165, 1.54) is 4.90 Å². The predicted octanol–water partition coefficient (Wildman–Crippen LogP) is 2.32. The second-order valence-corrected chi connectivity index (χ2v) is 15.9. The molecule has 2 aliphatic carbocycles. The average molecular weight is 649 g/mol. The predicted molar refractivity (Wildman–Crippen MR) is 172 cm³/mol. The summed E-state index contributed by atoms with van der Waals surface area (Å²) in [5, 5.41) is 11.2. The lowest BCUT2D eigenvalue weighted by Crippen LogP contribution is -2.62. The summed E-state index contributed by atoms with van der Waals surface area (Å²) in [5.74, 6) is -2.52. The van der Waals surface area contributed by atoms with Crippen molar-refractivity contribution in [3.8, 4) is 0 Å². The molecule has 13 nitrogen and oxygen atoms in total. The Labute approximate surface area is 273 Å². The number of nitrogens with zero attached hydrogens (tertiary/aromatic N) is 1. The normalized spacial score (nSPS) is 23.8. The van der Waals surface area contributed by atoms with Crippen LogP contribution in [0.5, 0.6) is 0 Å². The van der Waals surface area contributed by atoms with Gasteiger partial charge in [-0.25, -0.2) is 9.59 Å². The number of ether oxygens (including phenoxy) is 1. The first-order valence-electron chi connectivity index (χ1n) is 16.7. The van der Waals surface area contributed by atoms with Gasteiger partial charge in [0.2, 0.25) is 17.6 Å². The summed E-state index contributed by atoms with van der Waals surface area (Å²) in [4.78, 5) is 79.5. The summed E-state index contributed by atoms with van der Waals surface area (Å²) in [6.07, 6.45) is 2.63. The van der Waals surface area contributed by atoms with Crippen LogP contribution in [0.15, 0.2) is 0 Å². The van der Waals surface area contributed by atoms with Gasteiger partial charge in [0, 0.05) is 13.1 Å². The topological polar surface area (TPSA) is 189 Å². The molecule has 46 heavy (non-hydrogen) atoms. The lowest BCUT2D eigenvalue weighted by molar-refractivity contribution is -0.145. The fourth-order valence-electron chi connectivity index (χ4n) is 6.63. The number of alkyl carbamates (subject to hydrolysis) is 1. The highest BCUT2D eigenvalue weighted by molar-refractivity contribution is 6.37. The number of carbonyl (C=O) groups excluding carboxylic acids is 6. The quantitative estimate of drug-likeness (QED) is 0.179. The van der Waals surface area contributed by atoms with E-state index in [2.05, 4.69) is 35.1 Å². The van der Waals surface area contributed by atoms with E-state index in [1.54, 1.807) is 0 Å². The summed E-state index contributed by atoms with van der Waals surface area (Å²) < 4.78 is 5.17. The van der Waals surface area contributed by atoms with Crippen LogP contribution in [0.1, 0.15) is 88.0 Å². The standard InChI is InChI=1S/C33H56N6O7/c1-17(2)16-46-31(45)35-14-22(18(3)4)37-30(44)38-26(32(5,6)7)29(43)39-15-20-23(33(20,8)9)24(39)28(42)36-21(25(40)27(34)41)13-19-11-10-12-19/h17-24,26H,10-16H2,1-9H3,(H2,34,41)(H,35,45)(H,36,42)(H2,37,38,44)/t20-,21?,22+,23-,24-,26+/m0/s1. The summed E-state index contributed by atoms with van der Waals surface area (Å²) in [7, 11) is 0. The van der Waals surface area contributed by atoms with E-state index < -0.39 is 65.2 Å². The first-order chi connectivity index (χ1) is 21.2. The lowest BCUT2D eigenvalue weighted by Gasteiger charge is -2.38. The zero-order valence-electron chi connectivity index (χ0n) is 29.0. The third-order valence-corrected chi connectivity index (χ3v) is 9.95. The summed E-state index contributed by atoms with van der Waals surface area (Å²) >= 11 is 0. The second kappa shape index (κ2) is 14.6. The van der Waals surface area contributed by atoms with Crippen molar-refractivity contribution in [1.29, 1.82) is 0 Å². The fraction of sp³-hybridized carbons (Fsp3) is 0.818. The van der Waals surface area contributed by atoms with Gasteiger partial charge in [0.1, 0.15) is 12.1 Å². The molecule has 0 aromatic heterocycles. The van der Waals surface area contributed by atoms with Crippen LogP contribution in [0.4, 0.5) is 9.59 Å². The van der Waals surface area contributed by atoms with Crippen molar-refractivity contribution in [2.75, 3.05) is 19.7 Å². The molecule has 0 aromatic carbocycles. The molecule has 0 bridgehead atoms. The Kier molecular flexibility index (Phi) is 11.8. The lowest BCUT2D eigenvalue weighted by atomic mass is 9.80. The Hall–Kier alpha value is -3.38. The van der Waals surface area contributed by atoms with Crippen molar-refractivity contribution in [2.45, 2.75) is 112 Å². The minimum atomic E-state index is -1.10. The smallest absolute Gasteiger partial charge is 0.407 e. The van der Waals surface area contributed by atoms with E-state index in [4.69, 9.17) is 10.5 Å². The SMILES string of the molecule is CC(C)COC(=O)NC[C@@H](NC(=O)N[C@H](C(=O)N1C[C@H]2[C@@H]([C@H]1C(=O)NC(CC1CCC1)C(=O)C(N)=O)C2(C)C)C(C)(C)C)C(C)C. The molecule has 3 rings (SSSR count). The van der Waals surface area contributed by atoms with Gasteiger partial charge in [-0.15, -0.1) is 0 Å². The van der Waals surface area contributed by atoms with Crippen molar-refractivity contribution in [2.24, 2.45) is 46.2 Å². The highest BCUT2D eigenvalue weighted by atomic mass is 16.5. The molecule has 3 fully saturated rings. The molecule has 2 saturated carbocycles. The molecule has 3 aliphatic rings. The van der Waals surface area contributed by atoms with Gasteiger partial charge in [0.05, 0.1) is 18.7 Å². The van der Waals surface area contributed by atoms with Crippen LogP contribution in [0.2, 0.25) is 0 Å². The molecule has 0 radical (unpaired) electrons. The molecule has 260 valence electrons. The fourth-order valence-corrected chi connectivity index (χ4v) is 6.63. The number of amides is 6. The van der Waals surface area contributed by atoms with Crippen molar-refractivity contribution in [1.82, 2.24) is 26.2 Å². The van der Waals surface area contributed by atoms with E-state index in [9.17, 15) is 28.8 Å². The molecule has 1 unspecified atom stereocenters. The molecule has 13 heteroatoms. The number of primary amides is 1.